The maximum absolute atomic E-state index is 12.3. The number of amides is 1. The largest absolute Gasteiger partial charge is 0.494 e. The van der Waals surface area contributed by atoms with Crippen LogP contribution in [0.25, 0.3) is 0 Å². The van der Waals surface area contributed by atoms with Crippen LogP contribution in [0.15, 0.2) is 30.3 Å². The molecule has 0 unspecified atom stereocenters. The Hall–Kier alpha value is -2.01. The zero-order valence-corrected chi connectivity index (χ0v) is 16.4. The molecule has 6 heteroatoms. The van der Waals surface area contributed by atoms with Crippen molar-refractivity contribution in [2.24, 2.45) is 7.05 Å². The molecule has 0 aliphatic heterocycles. The Bertz CT molecular complexity index is 700. The Morgan fingerprint density at radius 2 is 2.04 bits per heavy atom. The van der Waals surface area contributed by atoms with Gasteiger partial charge in [-0.25, -0.2) is 0 Å². The molecule has 0 fully saturated rings. The van der Waals surface area contributed by atoms with Crippen molar-refractivity contribution < 1.29 is 9.53 Å². The topological polar surface area (TPSA) is 56.1 Å². The SMILES string of the molecule is CCc1cc(C(=O)NCc2cccc(OCCCCCCCl)c2)n(C)n1. The highest BCUT2D eigenvalue weighted by atomic mass is 35.5. The molecule has 0 saturated carbocycles. The number of nitrogens with zero attached hydrogens (tertiary/aromatic N) is 2. The van der Waals surface area contributed by atoms with Crippen molar-refractivity contribution in [3.63, 3.8) is 0 Å². The van der Waals surface area contributed by atoms with E-state index in [-0.39, 0.29) is 5.91 Å². The fourth-order valence-electron chi connectivity index (χ4n) is 2.67. The molecular formula is C20H28ClN3O2. The number of ether oxygens (including phenoxy) is 1. The van der Waals surface area contributed by atoms with E-state index in [1.807, 2.05) is 37.3 Å². The van der Waals surface area contributed by atoms with Crippen LogP contribution in [0.1, 0.15) is 54.4 Å². The molecule has 1 aromatic heterocycles. The third-order valence-electron chi connectivity index (χ3n) is 4.17. The van der Waals surface area contributed by atoms with Crippen LogP contribution in [0.3, 0.4) is 0 Å². The van der Waals surface area contributed by atoms with Crippen molar-refractivity contribution in [3.05, 3.63) is 47.3 Å². The third kappa shape index (κ3) is 6.37. The summed E-state index contributed by atoms with van der Waals surface area (Å²) in [5.74, 6) is 1.45. The van der Waals surface area contributed by atoms with E-state index in [1.54, 1.807) is 11.7 Å². The number of hydrogen-bond donors (Lipinski definition) is 1. The lowest BCUT2D eigenvalue weighted by Crippen LogP contribution is -2.25. The maximum Gasteiger partial charge on any atom is 0.269 e. The Morgan fingerprint density at radius 3 is 2.77 bits per heavy atom. The summed E-state index contributed by atoms with van der Waals surface area (Å²) >= 11 is 5.67. The Labute approximate surface area is 160 Å². The van der Waals surface area contributed by atoms with Gasteiger partial charge in [-0.3, -0.25) is 9.48 Å². The standard InChI is InChI=1S/C20H28ClN3O2/c1-3-17-14-19(24(2)23-17)20(25)22-15-16-9-8-10-18(13-16)26-12-7-5-4-6-11-21/h8-10,13-14H,3-7,11-12,15H2,1-2H3,(H,22,25). The molecule has 142 valence electrons. The van der Waals surface area contributed by atoms with Gasteiger partial charge in [0.25, 0.3) is 5.91 Å². The number of hydrogen-bond acceptors (Lipinski definition) is 3. The Balaban J connectivity index is 1.80. The van der Waals surface area contributed by atoms with Gasteiger partial charge in [-0.2, -0.15) is 5.10 Å². The van der Waals surface area contributed by atoms with Crippen LogP contribution in [0.4, 0.5) is 0 Å². The van der Waals surface area contributed by atoms with Crippen LogP contribution < -0.4 is 10.1 Å². The highest BCUT2D eigenvalue weighted by Crippen LogP contribution is 2.14. The van der Waals surface area contributed by atoms with Gasteiger partial charge in [0.15, 0.2) is 0 Å². The monoisotopic (exact) mass is 377 g/mol. The smallest absolute Gasteiger partial charge is 0.269 e. The Morgan fingerprint density at radius 1 is 1.23 bits per heavy atom. The number of nitrogens with one attached hydrogen (secondary N) is 1. The minimum atomic E-state index is -0.120. The molecule has 0 aliphatic rings. The first-order valence-corrected chi connectivity index (χ1v) is 9.76. The lowest BCUT2D eigenvalue weighted by molar-refractivity contribution is 0.0941. The Kier molecular flexibility index (Phi) is 8.48. The molecule has 1 N–H and O–H groups in total. The first kappa shape index (κ1) is 20.3. The lowest BCUT2D eigenvalue weighted by Gasteiger charge is -2.09. The van der Waals surface area contributed by atoms with E-state index in [1.165, 1.54) is 0 Å². The van der Waals surface area contributed by atoms with Crippen molar-refractivity contribution in [2.45, 2.75) is 45.6 Å². The summed E-state index contributed by atoms with van der Waals surface area (Å²) in [4.78, 5) is 12.3. The van der Waals surface area contributed by atoms with E-state index < -0.39 is 0 Å². The number of aryl methyl sites for hydroxylation is 2. The minimum absolute atomic E-state index is 0.120. The van der Waals surface area contributed by atoms with Gasteiger partial charge in [-0.1, -0.05) is 31.9 Å². The lowest BCUT2D eigenvalue weighted by atomic mass is 10.2. The summed E-state index contributed by atoms with van der Waals surface area (Å²) in [6, 6.07) is 9.68. The molecule has 2 aromatic rings. The summed E-state index contributed by atoms with van der Waals surface area (Å²) in [6.07, 6.45) is 5.18. The van der Waals surface area contributed by atoms with E-state index in [0.717, 1.165) is 55.0 Å². The first-order valence-electron chi connectivity index (χ1n) is 9.23. The molecule has 0 atom stereocenters. The second-order valence-electron chi connectivity index (χ2n) is 6.28. The zero-order chi connectivity index (χ0) is 18.8. The van der Waals surface area contributed by atoms with Crippen molar-refractivity contribution >= 4 is 17.5 Å². The van der Waals surface area contributed by atoms with Gasteiger partial charge in [-0.15, -0.1) is 11.6 Å². The van der Waals surface area contributed by atoms with E-state index in [4.69, 9.17) is 16.3 Å². The molecule has 1 heterocycles. The molecule has 0 saturated heterocycles. The highest BCUT2D eigenvalue weighted by Gasteiger charge is 2.12. The normalized spacial score (nSPS) is 10.7. The summed E-state index contributed by atoms with van der Waals surface area (Å²) in [5.41, 5.74) is 2.50. The van der Waals surface area contributed by atoms with Crippen molar-refractivity contribution in [1.82, 2.24) is 15.1 Å². The second-order valence-corrected chi connectivity index (χ2v) is 6.66. The van der Waals surface area contributed by atoms with Crippen LogP contribution >= 0.6 is 11.6 Å². The highest BCUT2D eigenvalue weighted by molar-refractivity contribution is 6.17. The van der Waals surface area contributed by atoms with Gasteiger partial charge in [0.05, 0.1) is 12.3 Å². The van der Waals surface area contributed by atoms with E-state index >= 15 is 0 Å². The van der Waals surface area contributed by atoms with Crippen LogP contribution in [0.2, 0.25) is 0 Å². The van der Waals surface area contributed by atoms with Crippen LogP contribution in [-0.4, -0.2) is 28.2 Å². The van der Waals surface area contributed by atoms with Gasteiger partial charge in [-0.05, 0) is 43.0 Å². The van der Waals surface area contributed by atoms with Gasteiger partial charge in [0.1, 0.15) is 11.4 Å². The van der Waals surface area contributed by atoms with E-state index in [0.29, 0.717) is 18.8 Å². The third-order valence-corrected chi connectivity index (χ3v) is 4.44. The number of aromatic nitrogens is 2. The number of halogens is 1. The summed E-state index contributed by atoms with van der Waals surface area (Å²) in [5, 5.41) is 7.25. The quantitative estimate of drug-likeness (QED) is 0.474. The van der Waals surface area contributed by atoms with Gasteiger partial charge >= 0.3 is 0 Å². The van der Waals surface area contributed by atoms with E-state index in [9.17, 15) is 4.79 Å². The number of rotatable bonds is 11. The average Bonchev–Trinajstić information content (AvgIpc) is 3.04. The molecule has 26 heavy (non-hydrogen) atoms. The molecule has 1 aromatic carbocycles. The maximum atomic E-state index is 12.3. The number of unbranched alkanes of at least 4 members (excludes halogenated alkanes) is 3. The van der Waals surface area contributed by atoms with Crippen LogP contribution in [-0.2, 0) is 20.0 Å². The van der Waals surface area contributed by atoms with Gasteiger partial charge < -0.3 is 10.1 Å². The number of alkyl halides is 1. The fourth-order valence-corrected chi connectivity index (χ4v) is 2.86. The van der Waals surface area contributed by atoms with Crippen LogP contribution in [0.5, 0.6) is 5.75 Å². The molecule has 5 nitrogen and oxygen atoms in total. The molecule has 1 amide bonds. The zero-order valence-electron chi connectivity index (χ0n) is 15.6. The van der Waals surface area contributed by atoms with Crippen LogP contribution in [0, 0.1) is 0 Å². The van der Waals surface area contributed by atoms with Crippen molar-refractivity contribution in [2.75, 3.05) is 12.5 Å². The molecular weight excluding hydrogens is 350 g/mol. The molecule has 2 rings (SSSR count). The first-order chi connectivity index (χ1) is 12.6. The van der Waals surface area contributed by atoms with Gasteiger partial charge in [0.2, 0.25) is 0 Å². The van der Waals surface area contributed by atoms with Crippen molar-refractivity contribution in [3.8, 4) is 5.75 Å². The molecule has 0 spiro atoms. The van der Waals surface area contributed by atoms with Gasteiger partial charge in [0, 0.05) is 19.5 Å². The van der Waals surface area contributed by atoms with Crippen molar-refractivity contribution in [1.29, 1.82) is 0 Å². The summed E-state index contributed by atoms with van der Waals surface area (Å²) < 4.78 is 7.42. The molecule has 0 radical (unpaired) electrons. The molecule has 0 aliphatic carbocycles. The number of carbonyl (C=O) groups is 1. The predicted molar refractivity (Wildman–Crippen MR) is 105 cm³/mol. The summed E-state index contributed by atoms with van der Waals surface area (Å²) in [6.45, 7) is 3.18. The predicted octanol–water partition coefficient (Wildman–Crippen LogP) is 4.09. The minimum Gasteiger partial charge on any atom is -0.494 e. The fraction of sp³-hybridized carbons (Fsp3) is 0.500. The average molecular weight is 378 g/mol. The second kappa shape index (κ2) is 10.9. The number of benzene rings is 1. The van der Waals surface area contributed by atoms with E-state index in [2.05, 4.69) is 10.4 Å². The number of carbonyl (C=O) groups excluding carboxylic acids is 1. The summed E-state index contributed by atoms with van der Waals surface area (Å²) in [7, 11) is 1.79. The molecule has 0 bridgehead atoms.